The van der Waals surface area contributed by atoms with Crippen LogP contribution < -0.4 is 5.32 Å². The molecule has 0 aliphatic heterocycles. The zero-order chi connectivity index (χ0) is 13.7. The lowest BCUT2D eigenvalue weighted by atomic mass is 9.95. The summed E-state index contributed by atoms with van der Waals surface area (Å²) in [5.41, 5.74) is 1.05. The fourth-order valence-electron chi connectivity index (χ4n) is 2.35. The predicted octanol–water partition coefficient (Wildman–Crippen LogP) is 2.78. The molecule has 4 heteroatoms. The van der Waals surface area contributed by atoms with Crippen LogP contribution in [0, 0.1) is 0 Å². The summed E-state index contributed by atoms with van der Waals surface area (Å²) in [7, 11) is 0. The Morgan fingerprint density at radius 1 is 1.26 bits per heavy atom. The number of amides is 1. The molecule has 2 rings (SSSR count). The van der Waals surface area contributed by atoms with Gasteiger partial charge in [-0.05, 0) is 38.2 Å². The molecule has 1 unspecified atom stereocenters. The normalized spacial score (nSPS) is 24.5. The van der Waals surface area contributed by atoms with Crippen molar-refractivity contribution in [3.05, 3.63) is 35.9 Å². The Morgan fingerprint density at radius 3 is 2.53 bits per heavy atom. The molecular formula is C15H21NO3. The van der Waals surface area contributed by atoms with E-state index in [0.29, 0.717) is 12.8 Å². The fourth-order valence-corrected chi connectivity index (χ4v) is 2.35. The van der Waals surface area contributed by atoms with Gasteiger partial charge in [0.05, 0.1) is 12.1 Å². The molecule has 1 aromatic rings. The minimum atomic E-state index is -0.377. The molecule has 0 spiro atoms. The minimum absolute atomic E-state index is 0.0635. The molecule has 1 saturated carbocycles. The Labute approximate surface area is 113 Å². The van der Waals surface area contributed by atoms with E-state index in [2.05, 4.69) is 5.32 Å². The number of aliphatic hydroxyl groups is 1. The first-order chi connectivity index (χ1) is 9.15. The molecule has 1 aromatic carbocycles. The molecule has 0 saturated heterocycles. The third kappa shape index (κ3) is 4.24. The van der Waals surface area contributed by atoms with Gasteiger partial charge in [-0.3, -0.25) is 0 Å². The molecule has 19 heavy (non-hydrogen) atoms. The lowest BCUT2D eigenvalue weighted by molar-refractivity contribution is 0.0331. The van der Waals surface area contributed by atoms with Crippen LogP contribution in [0.5, 0.6) is 0 Å². The van der Waals surface area contributed by atoms with E-state index in [-0.39, 0.29) is 24.3 Å². The first kappa shape index (κ1) is 13.9. The fraction of sp³-hybridized carbons (Fsp3) is 0.533. The highest BCUT2D eigenvalue weighted by Crippen LogP contribution is 2.21. The molecule has 0 aromatic heterocycles. The average Bonchev–Trinajstić information content (AvgIpc) is 2.42. The van der Waals surface area contributed by atoms with Crippen molar-refractivity contribution >= 4 is 6.09 Å². The molecule has 1 amide bonds. The van der Waals surface area contributed by atoms with E-state index in [1.54, 1.807) is 0 Å². The highest BCUT2D eigenvalue weighted by Gasteiger charge is 2.23. The van der Waals surface area contributed by atoms with Gasteiger partial charge in [-0.15, -0.1) is 0 Å². The summed E-state index contributed by atoms with van der Waals surface area (Å²) in [6.45, 7) is 1.93. The van der Waals surface area contributed by atoms with E-state index in [0.717, 1.165) is 18.4 Å². The van der Waals surface area contributed by atoms with E-state index >= 15 is 0 Å². The van der Waals surface area contributed by atoms with Gasteiger partial charge in [0.25, 0.3) is 0 Å². The van der Waals surface area contributed by atoms with Crippen LogP contribution in [0.15, 0.2) is 30.3 Å². The molecule has 1 fully saturated rings. The summed E-state index contributed by atoms with van der Waals surface area (Å²) >= 11 is 0. The molecule has 2 N–H and O–H groups in total. The summed E-state index contributed by atoms with van der Waals surface area (Å²) in [5.74, 6) is 0. The highest BCUT2D eigenvalue weighted by atomic mass is 16.6. The molecule has 104 valence electrons. The third-order valence-electron chi connectivity index (χ3n) is 3.55. The van der Waals surface area contributed by atoms with E-state index < -0.39 is 0 Å². The first-order valence-corrected chi connectivity index (χ1v) is 6.85. The Bertz CT molecular complexity index is 399. The largest absolute Gasteiger partial charge is 0.446 e. The Kier molecular flexibility index (Phi) is 4.80. The number of ether oxygens (including phenoxy) is 1. The van der Waals surface area contributed by atoms with Crippen molar-refractivity contribution in [3.63, 3.8) is 0 Å². The van der Waals surface area contributed by atoms with Crippen LogP contribution in [0.4, 0.5) is 4.79 Å². The quantitative estimate of drug-likeness (QED) is 0.881. The number of aliphatic hydroxyl groups excluding tert-OH is 1. The van der Waals surface area contributed by atoms with Crippen molar-refractivity contribution in [1.29, 1.82) is 0 Å². The third-order valence-corrected chi connectivity index (χ3v) is 3.55. The smallest absolute Gasteiger partial charge is 0.407 e. The lowest BCUT2D eigenvalue weighted by Gasteiger charge is -2.26. The Morgan fingerprint density at radius 2 is 1.89 bits per heavy atom. The van der Waals surface area contributed by atoms with Gasteiger partial charge in [0.15, 0.2) is 0 Å². The van der Waals surface area contributed by atoms with Crippen molar-refractivity contribution in [2.45, 2.75) is 50.9 Å². The topological polar surface area (TPSA) is 58.6 Å². The molecule has 4 nitrogen and oxygen atoms in total. The number of carbonyl (C=O) groups is 1. The zero-order valence-corrected chi connectivity index (χ0v) is 11.2. The monoisotopic (exact) mass is 263 g/mol. The van der Waals surface area contributed by atoms with E-state index in [9.17, 15) is 9.90 Å². The number of nitrogens with one attached hydrogen (secondary N) is 1. The van der Waals surface area contributed by atoms with Crippen LogP contribution >= 0.6 is 0 Å². The summed E-state index contributed by atoms with van der Waals surface area (Å²) < 4.78 is 5.37. The van der Waals surface area contributed by atoms with Crippen molar-refractivity contribution in [2.24, 2.45) is 0 Å². The number of benzene rings is 1. The van der Waals surface area contributed by atoms with Gasteiger partial charge < -0.3 is 15.2 Å². The van der Waals surface area contributed by atoms with E-state index in [4.69, 9.17) is 4.74 Å². The first-order valence-electron chi connectivity index (χ1n) is 6.85. The highest BCUT2D eigenvalue weighted by molar-refractivity contribution is 5.68. The summed E-state index contributed by atoms with van der Waals surface area (Å²) in [5, 5.41) is 12.2. The van der Waals surface area contributed by atoms with Crippen LogP contribution in [0.2, 0.25) is 0 Å². The van der Waals surface area contributed by atoms with Crippen LogP contribution in [0.1, 0.15) is 44.2 Å². The van der Waals surface area contributed by atoms with Crippen molar-refractivity contribution in [1.82, 2.24) is 5.32 Å². The second kappa shape index (κ2) is 6.57. The SMILES string of the molecule is CC(NC(=O)OC1CCC(O)CC1)c1ccccc1. The van der Waals surface area contributed by atoms with Gasteiger partial charge >= 0.3 is 6.09 Å². The molecule has 1 aliphatic carbocycles. The second-order valence-corrected chi connectivity index (χ2v) is 5.11. The molecule has 1 aliphatic rings. The summed E-state index contributed by atoms with van der Waals surface area (Å²) in [6.07, 6.45) is 2.25. The number of carbonyl (C=O) groups excluding carboxylic acids is 1. The van der Waals surface area contributed by atoms with Crippen LogP contribution in [0.3, 0.4) is 0 Å². The van der Waals surface area contributed by atoms with E-state index in [1.165, 1.54) is 0 Å². The number of hydrogen-bond donors (Lipinski definition) is 2. The van der Waals surface area contributed by atoms with Crippen LogP contribution in [-0.2, 0) is 4.74 Å². The predicted molar refractivity (Wildman–Crippen MR) is 72.7 cm³/mol. The van der Waals surface area contributed by atoms with Gasteiger partial charge in [-0.2, -0.15) is 0 Å². The van der Waals surface area contributed by atoms with Gasteiger partial charge in [0.1, 0.15) is 6.10 Å². The molecular weight excluding hydrogens is 242 g/mol. The summed E-state index contributed by atoms with van der Waals surface area (Å²) in [4.78, 5) is 11.8. The maximum absolute atomic E-state index is 11.8. The van der Waals surface area contributed by atoms with Crippen LogP contribution in [-0.4, -0.2) is 23.4 Å². The second-order valence-electron chi connectivity index (χ2n) is 5.11. The molecule has 1 atom stereocenters. The standard InChI is InChI=1S/C15H21NO3/c1-11(12-5-3-2-4-6-12)16-15(18)19-14-9-7-13(17)8-10-14/h2-6,11,13-14,17H,7-10H2,1H3,(H,16,18). The molecule has 0 radical (unpaired) electrons. The van der Waals surface area contributed by atoms with Gasteiger partial charge in [-0.25, -0.2) is 4.79 Å². The van der Waals surface area contributed by atoms with Crippen LogP contribution in [0.25, 0.3) is 0 Å². The lowest BCUT2D eigenvalue weighted by Crippen LogP contribution is -2.33. The maximum Gasteiger partial charge on any atom is 0.407 e. The number of hydrogen-bond acceptors (Lipinski definition) is 3. The molecule has 0 heterocycles. The van der Waals surface area contributed by atoms with Crippen molar-refractivity contribution in [3.8, 4) is 0 Å². The van der Waals surface area contributed by atoms with Gasteiger partial charge in [-0.1, -0.05) is 30.3 Å². The average molecular weight is 263 g/mol. The van der Waals surface area contributed by atoms with E-state index in [1.807, 2.05) is 37.3 Å². The maximum atomic E-state index is 11.8. The zero-order valence-electron chi connectivity index (χ0n) is 11.2. The summed E-state index contributed by atoms with van der Waals surface area (Å²) in [6, 6.07) is 9.72. The van der Waals surface area contributed by atoms with Gasteiger partial charge in [0, 0.05) is 0 Å². The number of rotatable bonds is 3. The Balaban J connectivity index is 1.78. The van der Waals surface area contributed by atoms with Gasteiger partial charge in [0.2, 0.25) is 0 Å². The Hall–Kier alpha value is -1.55. The van der Waals surface area contributed by atoms with Crippen molar-refractivity contribution in [2.75, 3.05) is 0 Å². The number of alkyl carbamates (subject to hydrolysis) is 1. The van der Waals surface area contributed by atoms with Crippen molar-refractivity contribution < 1.29 is 14.6 Å². The minimum Gasteiger partial charge on any atom is -0.446 e. The molecule has 0 bridgehead atoms.